The fraction of sp³-hybridized carbons (Fsp3) is 0.222. The maximum atomic E-state index is 13.9. The number of nitrogens with one attached hydrogen (secondary N) is 2. The van der Waals surface area contributed by atoms with Gasteiger partial charge in [0.2, 0.25) is 0 Å². The molecule has 0 unspecified atom stereocenters. The minimum absolute atomic E-state index is 0.0341. The quantitative estimate of drug-likeness (QED) is 0.444. The van der Waals surface area contributed by atoms with Gasteiger partial charge in [0.1, 0.15) is 0 Å². The molecule has 2 atom stereocenters. The van der Waals surface area contributed by atoms with E-state index in [9.17, 15) is 18.0 Å². The lowest BCUT2D eigenvalue weighted by atomic mass is 9.78. The number of para-hydroxylation sites is 2. The lowest BCUT2D eigenvalue weighted by Crippen LogP contribution is -2.28. The number of hydrogen-bond acceptors (Lipinski definition) is 3. The van der Waals surface area contributed by atoms with Crippen LogP contribution in [0.2, 0.25) is 0 Å². The van der Waals surface area contributed by atoms with Gasteiger partial charge in [0.15, 0.2) is 5.78 Å². The molecule has 0 radical (unpaired) electrons. The van der Waals surface area contributed by atoms with Crippen molar-refractivity contribution in [1.29, 1.82) is 0 Å². The number of alkyl halides is 3. The minimum atomic E-state index is -4.53. The molecule has 3 aromatic carbocycles. The zero-order valence-corrected chi connectivity index (χ0v) is 18.0. The number of ketones is 1. The largest absolute Gasteiger partial charge is 0.416 e. The molecule has 0 fully saturated rings. The summed E-state index contributed by atoms with van der Waals surface area (Å²) in [7, 11) is 0. The van der Waals surface area contributed by atoms with Gasteiger partial charge in [-0.1, -0.05) is 60.2 Å². The second-order valence-corrected chi connectivity index (χ2v) is 8.66. The number of anilines is 2. The molecule has 1 aliphatic heterocycles. The molecule has 0 bridgehead atoms. The number of allylic oxidation sites excluding steroid dienone is 1. The first-order valence-electron chi connectivity index (χ1n) is 10.9. The van der Waals surface area contributed by atoms with Crippen molar-refractivity contribution < 1.29 is 18.0 Å². The second-order valence-electron chi connectivity index (χ2n) is 8.66. The van der Waals surface area contributed by atoms with Crippen molar-refractivity contribution in [1.82, 2.24) is 0 Å². The first kappa shape index (κ1) is 21.3. The molecule has 0 spiro atoms. The van der Waals surface area contributed by atoms with Crippen LogP contribution in [0.25, 0.3) is 0 Å². The van der Waals surface area contributed by atoms with E-state index in [0.29, 0.717) is 23.4 Å². The third-order valence-electron chi connectivity index (χ3n) is 6.43. The molecular formula is C27H23F3N2O. The molecule has 168 valence electrons. The van der Waals surface area contributed by atoms with Gasteiger partial charge < -0.3 is 10.6 Å². The fourth-order valence-corrected chi connectivity index (χ4v) is 4.81. The molecule has 2 aliphatic rings. The Morgan fingerprint density at radius 3 is 2.24 bits per heavy atom. The Bertz CT molecular complexity index is 1240. The molecule has 0 amide bonds. The number of rotatable bonds is 2. The molecule has 0 saturated carbocycles. The van der Waals surface area contributed by atoms with E-state index in [-0.39, 0.29) is 23.7 Å². The van der Waals surface area contributed by atoms with Crippen molar-refractivity contribution in [3.8, 4) is 0 Å². The lowest BCUT2D eigenvalue weighted by molar-refractivity contribution is -0.138. The highest BCUT2D eigenvalue weighted by Crippen LogP contribution is 2.46. The lowest BCUT2D eigenvalue weighted by Gasteiger charge is -2.31. The molecule has 33 heavy (non-hydrogen) atoms. The monoisotopic (exact) mass is 448 g/mol. The van der Waals surface area contributed by atoms with Gasteiger partial charge in [-0.05, 0) is 48.6 Å². The third-order valence-corrected chi connectivity index (χ3v) is 6.43. The summed E-state index contributed by atoms with van der Waals surface area (Å²) >= 11 is 0. The van der Waals surface area contributed by atoms with Crippen LogP contribution in [-0.4, -0.2) is 5.78 Å². The summed E-state index contributed by atoms with van der Waals surface area (Å²) in [6.07, 6.45) is -3.72. The molecule has 0 saturated heterocycles. The number of hydrogen-bond donors (Lipinski definition) is 2. The van der Waals surface area contributed by atoms with Crippen LogP contribution in [0.15, 0.2) is 84.1 Å². The first-order chi connectivity index (χ1) is 15.8. The second kappa shape index (κ2) is 8.10. The van der Waals surface area contributed by atoms with Crippen LogP contribution < -0.4 is 10.6 Å². The van der Waals surface area contributed by atoms with Crippen molar-refractivity contribution in [2.45, 2.75) is 37.9 Å². The zero-order valence-electron chi connectivity index (χ0n) is 18.0. The summed E-state index contributed by atoms with van der Waals surface area (Å²) in [5.41, 5.74) is 3.97. The molecule has 0 aromatic heterocycles. The van der Waals surface area contributed by atoms with Crippen molar-refractivity contribution in [3.63, 3.8) is 0 Å². The van der Waals surface area contributed by atoms with Crippen LogP contribution in [0.5, 0.6) is 0 Å². The Hall–Kier alpha value is -3.54. The molecule has 3 nitrogen and oxygen atoms in total. The SMILES string of the molecule is Cc1ccc([C@H]2CC(=O)C3=C(C2)Nc2ccccc2N[C@@H]3c2ccccc2C(F)(F)F)cc1. The number of carbonyl (C=O) groups excluding carboxylic acids is 1. The fourth-order valence-electron chi connectivity index (χ4n) is 4.81. The summed E-state index contributed by atoms with van der Waals surface area (Å²) in [4.78, 5) is 13.5. The number of fused-ring (bicyclic) bond motifs is 1. The van der Waals surface area contributed by atoms with E-state index in [4.69, 9.17) is 0 Å². The highest BCUT2D eigenvalue weighted by Gasteiger charge is 2.40. The van der Waals surface area contributed by atoms with Gasteiger partial charge >= 0.3 is 6.18 Å². The van der Waals surface area contributed by atoms with E-state index < -0.39 is 17.8 Å². The smallest absolute Gasteiger partial charge is 0.372 e. The van der Waals surface area contributed by atoms with Gasteiger partial charge in [0, 0.05) is 17.7 Å². The summed E-state index contributed by atoms with van der Waals surface area (Å²) in [5, 5.41) is 6.61. The van der Waals surface area contributed by atoms with Crippen LogP contribution in [0.3, 0.4) is 0 Å². The van der Waals surface area contributed by atoms with Gasteiger partial charge in [-0.2, -0.15) is 13.2 Å². The Labute approximate surface area is 190 Å². The van der Waals surface area contributed by atoms with Gasteiger partial charge in [0.25, 0.3) is 0 Å². The molecular weight excluding hydrogens is 425 g/mol. The summed E-state index contributed by atoms with van der Waals surface area (Å²) in [6.45, 7) is 2.01. The average molecular weight is 448 g/mol. The number of benzene rings is 3. The predicted octanol–water partition coefficient (Wildman–Crippen LogP) is 6.99. The normalized spacial score (nSPS) is 20.3. The summed E-state index contributed by atoms with van der Waals surface area (Å²) in [6, 6.07) is 20.0. The Balaban J connectivity index is 1.65. The summed E-state index contributed by atoms with van der Waals surface area (Å²) < 4.78 is 41.7. The maximum Gasteiger partial charge on any atom is 0.416 e. The van der Waals surface area contributed by atoms with Gasteiger partial charge in [0.05, 0.1) is 23.0 Å². The Morgan fingerprint density at radius 2 is 1.52 bits per heavy atom. The van der Waals surface area contributed by atoms with Crippen LogP contribution in [0, 0.1) is 6.92 Å². The van der Waals surface area contributed by atoms with E-state index in [1.54, 1.807) is 6.07 Å². The summed E-state index contributed by atoms with van der Waals surface area (Å²) in [5.74, 6) is -0.176. The Kier molecular flexibility index (Phi) is 5.23. The van der Waals surface area contributed by atoms with Crippen molar-refractivity contribution in [2.24, 2.45) is 0 Å². The van der Waals surface area contributed by atoms with Crippen LogP contribution in [0.4, 0.5) is 24.5 Å². The average Bonchev–Trinajstić information content (AvgIpc) is 2.96. The van der Waals surface area contributed by atoms with Crippen molar-refractivity contribution in [2.75, 3.05) is 10.6 Å². The first-order valence-corrected chi connectivity index (χ1v) is 10.9. The van der Waals surface area contributed by atoms with E-state index in [0.717, 1.165) is 22.9 Å². The number of aryl methyl sites for hydroxylation is 1. The van der Waals surface area contributed by atoms with E-state index in [1.807, 2.05) is 55.5 Å². The third kappa shape index (κ3) is 4.01. The highest BCUT2D eigenvalue weighted by molar-refractivity contribution is 6.01. The van der Waals surface area contributed by atoms with E-state index in [2.05, 4.69) is 10.6 Å². The standard InChI is InChI=1S/C27H23F3N2O/c1-16-10-12-17(13-11-16)18-14-23-25(24(33)15-18)26(32-22-9-5-4-8-21(22)31-23)19-6-2-3-7-20(19)27(28,29)30/h2-13,18,26,31-32H,14-15H2,1H3/t18-,26-/m1/s1. The number of Topliss-reactive ketones (excluding diaryl/α,β-unsaturated/α-hetero) is 1. The molecule has 1 aliphatic carbocycles. The highest BCUT2D eigenvalue weighted by atomic mass is 19.4. The topological polar surface area (TPSA) is 41.1 Å². The predicted molar refractivity (Wildman–Crippen MR) is 123 cm³/mol. The number of carbonyl (C=O) groups is 1. The van der Waals surface area contributed by atoms with E-state index in [1.165, 1.54) is 12.1 Å². The molecule has 1 heterocycles. The van der Waals surface area contributed by atoms with Gasteiger partial charge in [-0.15, -0.1) is 0 Å². The number of halogens is 3. The van der Waals surface area contributed by atoms with E-state index >= 15 is 0 Å². The Morgan fingerprint density at radius 1 is 0.848 bits per heavy atom. The molecule has 6 heteroatoms. The van der Waals surface area contributed by atoms with Crippen LogP contribution in [-0.2, 0) is 11.0 Å². The van der Waals surface area contributed by atoms with Crippen molar-refractivity contribution in [3.05, 3.63) is 106 Å². The van der Waals surface area contributed by atoms with Crippen LogP contribution >= 0.6 is 0 Å². The molecule has 3 aromatic rings. The minimum Gasteiger partial charge on any atom is -0.372 e. The molecule has 2 N–H and O–H groups in total. The van der Waals surface area contributed by atoms with Crippen molar-refractivity contribution >= 4 is 17.2 Å². The van der Waals surface area contributed by atoms with Gasteiger partial charge in [-0.3, -0.25) is 4.79 Å². The zero-order chi connectivity index (χ0) is 23.2. The van der Waals surface area contributed by atoms with Gasteiger partial charge in [-0.25, -0.2) is 0 Å². The maximum absolute atomic E-state index is 13.9. The molecule has 5 rings (SSSR count). The van der Waals surface area contributed by atoms with Crippen LogP contribution in [0.1, 0.15) is 47.1 Å².